The molecule has 0 fully saturated rings. The van der Waals surface area contributed by atoms with E-state index in [-0.39, 0.29) is 5.91 Å². The molecule has 0 aliphatic heterocycles. The molecule has 1 aromatic carbocycles. The summed E-state index contributed by atoms with van der Waals surface area (Å²) in [6.07, 6.45) is 3.42. The minimum atomic E-state index is -0.411. The highest BCUT2D eigenvalue weighted by atomic mass is 79.9. The molecular weight excluding hydrogens is 282 g/mol. The lowest BCUT2D eigenvalue weighted by Crippen LogP contribution is -2.24. The molecule has 2 rings (SSSR count). The average Bonchev–Trinajstić information content (AvgIpc) is 2.76. The Morgan fingerprint density at radius 1 is 1.53 bits per heavy atom. The lowest BCUT2D eigenvalue weighted by atomic mass is 10.2. The standard InChI is InChI=1S/C12H12BrN3O/c1-8(11(14)17)16-6-5-15-12(16)9-3-2-4-10(13)7-9/h2-8H,1H3,(H2,14,17). The van der Waals surface area contributed by atoms with E-state index in [2.05, 4.69) is 20.9 Å². The third kappa shape index (κ3) is 2.39. The summed E-state index contributed by atoms with van der Waals surface area (Å²) in [5.74, 6) is 0.358. The number of benzene rings is 1. The van der Waals surface area contributed by atoms with Gasteiger partial charge in [0.2, 0.25) is 5.91 Å². The van der Waals surface area contributed by atoms with Crippen LogP contribution in [-0.2, 0) is 4.79 Å². The summed E-state index contributed by atoms with van der Waals surface area (Å²) in [5, 5.41) is 0. The maximum absolute atomic E-state index is 11.2. The molecule has 4 nitrogen and oxygen atoms in total. The normalized spacial score (nSPS) is 12.4. The highest BCUT2D eigenvalue weighted by molar-refractivity contribution is 9.10. The molecule has 0 radical (unpaired) electrons. The number of hydrogen-bond donors (Lipinski definition) is 1. The summed E-state index contributed by atoms with van der Waals surface area (Å²) in [7, 11) is 0. The molecule has 2 N–H and O–H groups in total. The van der Waals surface area contributed by atoms with E-state index in [0.717, 1.165) is 15.9 Å². The van der Waals surface area contributed by atoms with E-state index in [1.54, 1.807) is 23.9 Å². The Labute approximate surface area is 108 Å². The molecule has 1 heterocycles. The van der Waals surface area contributed by atoms with Gasteiger partial charge < -0.3 is 10.3 Å². The topological polar surface area (TPSA) is 60.9 Å². The highest BCUT2D eigenvalue weighted by Gasteiger charge is 2.15. The minimum Gasteiger partial charge on any atom is -0.368 e. The van der Waals surface area contributed by atoms with E-state index in [9.17, 15) is 4.79 Å². The molecule has 2 aromatic rings. The molecule has 1 amide bonds. The van der Waals surface area contributed by atoms with Crippen LogP contribution in [0.1, 0.15) is 13.0 Å². The molecule has 0 bridgehead atoms. The largest absolute Gasteiger partial charge is 0.368 e. The summed E-state index contributed by atoms with van der Waals surface area (Å²) in [6.45, 7) is 1.76. The van der Waals surface area contributed by atoms with Crippen molar-refractivity contribution in [3.05, 3.63) is 41.1 Å². The molecule has 0 aliphatic carbocycles. The monoisotopic (exact) mass is 293 g/mol. The summed E-state index contributed by atoms with van der Waals surface area (Å²) < 4.78 is 2.74. The number of amides is 1. The van der Waals surface area contributed by atoms with Crippen LogP contribution in [0.2, 0.25) is 0 Å². The van der Waals surface area contributed by atoms with E-state index < -0.39 is 6.04 Å². The average molecular weight is 294 g/mol. The van der Waals surface area contributed by atoms with Crippen molar-refractivity contribution in [3.63, 3.8) is 0 Å². The number of rotatable bonds is 3. The van der Waals surface area contributed by atoms with Gasteiger partial charge in [-0.1, -0.05) is 28.1 Å². The molecule has 5 heteroatoms. The van der Waals surface area contributed by atoms with Crippen LogP contribution in [0, 0.1) is 0 Å². The fourth-order valence-electron chi connectivity index (χ4n) is 1.61. The van der Waals surface area contributed by atoms with Gasteiger partial charge in [0.15, 0.2) is 0 Å². The number of nitrogens with two attached hydrogens (primary N) is 1. The first-order chi connectivity index (χ1) is 8.09. The van der Waals surface area contributed by atoms with Crippen LogP contribution in [0.5, 0.6) is 0 Å². The number of nitrogens with zero attached hydrogens (tertiary/aromatic N) is 2. The van der Waals surface area contributed by atoms with Gasteiger partial charge in [-0.2, -0.15) is 0 Å². The molecule has 0 spiro atoms. The fraction of sp³-hybridized carbons (Fsp3) is 0.167. The summed E-state index contributed by atoms with van der Waals surface area (Å²) in [4.78, 5) is 15.5. The smallest absolute Gasteiger partial charge is 0.240 e. The Bertz CT molecular complexity index is 550. The quantitative estimate of drug-likeness (QED) is 0.944. The number of hydrogen-bond acceptors (Lipinski definition) is 2. The van der Waals surface area contributed by atoms with E-state index in [0.29, 0.717) is 0 Å². The molecule has 0 saturated carbocycles. The first-order valence-electron chi connectivity index (χ1n) is 5.17. The minimum absolute atomic E-state index is 0.376. The highest BCUT2D eigenvalue weighted by Crippen LogP contribution is 2.23. The lowest BCUT2D eigenvalue weighted by Gasteiger charge is -2.13. The van der Waals surface area contributed by atoms with Crippen LogP contribution in [0.25, 0.3) is 11.4 Å². The van der Waals surface area contributed by atoms with Crippen LogP contribution in [0.15, 0.2) is 41.1 Å². The van der Waals surface area contributed by atoms with Crippen molar-refractivity contribution in [2.24, 2.45) is 5.73 Å². The summed E-state index contributed by atoms with van der Waals surface area (Å²) in [5.41, 5.74) is 6.25. The van der Waals surface area contributed by atoms with E-state index >= 15 is 0 Å². The molecule has 1 aromatic heterocycles. The van der Waals surface area contributed by atoms with Gasteiger partial charge in [-0.15, -0.1) is 0 Å². The van der Waals surface area contributed by atoms with Crippen molar-refractivity contribution < 1.29 is 4.79 Å². The summed E-state index contributed by atoms with van der Waals surface area (Å²) >= 11 is 3.41. The second kappa shape index (κ2) is 4.71. The molecular formula is C12H12BrN3O. The Morgan fingerprint density at radius 2 is 2.29 bits per heavy atom. The van der Waals surface area contributed by atoms with Crippen LogP contribution >= 0.6 is 15.9 Å². The van der Waals surface area contributed by atoms with E-state index in [1.165, 1.54) is 0 Å². The van der Waals surface area contributed by atoms with Gasteiger partial charge in [-0.3, -0.25) is 4.79 Å². The molecule has 17 heavy (non-hydrogen) atoms. The Morgan fingerprint density at radius 3 is 2.94 bits per heavy atom. The molecule has 1 atom stereocenters. The number of aromatic nitrogens is 2. The van der Waals surface area contributed by atoms with Gasteiger partial charge in [0, 0.05) is 22.4 Å². The molecule has 0 aliphatic rings. The van der Waals surface area contributed by atoms with Crippen molar-refractivity contribution in [3.8, 4) is 11.4 Å². The van der Waals surface area contributed by atoms with Crippen molar-refractivity contribution in [2.75, 3.05) is 0 Å². The first kappa shape index (κ1) is 11.9. The van der Waals surface area contributed by atoms with Crippen molar-refractivity contribution in [1.29, 1.82) is 0 Å². The Hall–Kier alpha value is -1.62. The molecule has 0 saturated heterocycles. The maximum Gasteiger partial charge on any atom is 0.240 e. The van der Waals surface area contributed by atoms with Crippen LogP contribution < -0.4 is 5.73 Å². The van der Waals surface area contributed by atoms with Gasteiger partial charge >= 0.3 is 0 Å². The zero-order valence-electron chi connectivity index (χ0n) is 9.30. The Kier molecular flexibility index (Phi) is 3.28. The molecule has 88 valence electrons. The maximum atomic E-state index is 11.2. The Balaban J connectivity index is 2.47. The summed E-state index contributed by atoms with van der Waals surface area (Å²) in [6, 6.07) is 7.34. The van der Waals surface area contributed by atoms with Crippen LogP contribution in [-0.4, -0.2) is 15.5 Å². The third-order valence-electron chi connectivity index (χ3n) is 2.58. The third-order valence-corrected chi connectivity index (χ3v) is 3.07. The van der Waals surface area contributed by atoms with Gasteiger partial charge in [-0.05, 0) is 19.1 Å². The lowest BCUT2D eigenvalue weighted by molar-refractivity contribution is -0.120. The number of primary amides is 1. The predicted octanol–water partition coefficient (Wildman–Crippen LogP) is 2.36. The van der Waals surface area contributed by atoms with Crippen LogP contribution in [0.4, 0.5) is 0 Å². The second-order valence-corrected chi connectivity index (χ2v) is 4.66. The van der Waals surface area contributed by atoms with Crippen molar-refractivity contribution in [1.82, 2.24) is 9.55 Å². The van der Waals surface area contributed by atoms with Gasteiger partial charge in [0.05, 0.1) is 0 Å². The predicted molar refractivity (Wildman–Crippen MR) is 69.3 cm³/mol. The number of imidazole rings is 1. The molecule has 1 unspecified atom stereocenters. The number of carbonyl (C=O) groups excluding carboxylic acids is 1. The van der Waals surface area contributed by atoms with Crippen LogP contribution in [0.3, 0.4) is 0 Å². The van der Waals surface area contributed by atoms with E-state index in [4.69, 9.17) is 5.73 Å². The van der Waals surface area contributed by atoms with E-state index in [1.807, 2.05) is 24.3 Å². The van der Waals surface area contributed by atoms with Crippen molar-refractivity contribution >= 4 is 21.8 Å². The zero-order valence-corrected chi connectivity index (χ0v) is 10.9. The SMILES string of the molecule is CC(C(N)=O)n1ccnc1-c1cccc(Br)c1. The number of halogens is 1. The number of carbonyl (C=O) groups is 1. The first-order valence-corrected chi connectivity index (χ1v) is 5.97. The van der Waals surface area contributed by atoms with Crippen molar-refractivity contribution in [2.45, 2.75) is 13.0 Å². The van der Waals surface area contributed by atoms with Gasteiger partial charge in [0.25, 0.3) is 0 Å². The fourth-order valence-corrected chi connectivity index (χ4v) is 2.01. The second-order valence-electron chi connectivity index (χ2n) is 3.75. The zero-order chi connectivity index (χ0) is 12.4. The van der Waals surface area contributed by atoms with Gasteiger partial charge in [-0.25, -0.2) is 4.98 Å². The van der Waals surface area contributed by atoms with Gasteiger partial charge in [0.1, 0.15) is 11.9 Å².